The molecule has 0 N–H and O–H groups in total. The molecule has 0 saturated heterocycles. The second kappa shape index (κ2) is 12.7. The van der Waals surface area contributed by atoms with E-state index in [1.807, 2.05) is 61.5 Å². The Bertz CT molecular complexity index is 1750. The molecule has 0 amide bonds. The molecule has 0 aliphatic carbocycles. The summed E-state index contributed by atoms with van der Waals surface area (Å²) in [5.74, 6) is 2.40. The van der Waals surface area contributed by atoms with Gasteiger partial charge in [0.05, 0.1) is 23.3 Å². The molecule has 1 heterocycles. The predicted octanol–water partition coefficient (Wildman–Crippen LogP) is 8.83. The number of halogens is 2. The fourth-order valence-electron chi connectivity index (χ4n) is 4.01. The molecule has 0 spiro atoms. The van der Waals surface area contributed by atoms with Crippen LogP contribution in [-0.4, -0.2) is 18.9 Å². The third kappa shape index (κ3) is 7.45. The van der Waals surface area contributed by atoms with Crippen molar-refractivity contribution in [2.24, 2.45) is 4.99 Å². The van der Waals surface area contributed by atoms with Crippen LogP contribution in [0.3, 0.4) is 0 Å². The van der Waals surface area contributed by atoms with Gasteiger partial charge in [0.25, 0.3) is 0 Å². The summed E-state index contributed by atoms with van der Waals surface area (Å²) in [7, 11) is -3.88. The Hall–Kier alpha value is -3.88. The molecular weight excluding hydrogens is 579 g/mol. The van der Waals surface area contributed by atoms with E-state index in [0.29, 0.717) is 38.6 Å². The van der Waals surface area contributed by atoms with Crippen LogP contribution in [0, 0.1) is 6.92 Å². The summed E-state index contributed by atoms with van der Waals surface area (Å²) < 4.78 is 40.4. The van der Waals surface area contributed by atoms with Crippen molar-refractivity contribution in [3.8, 4) is 11.5 Å². The van der Waals surface area contributed by atoms with Gasteiger partial charge in [-0.15, -0.1) is 0 Å². The Kier molecular flexibility index (Phi) is 8.90. The first-order valence-electron chi connectivity index (χ1n) is 12.7. The lowest BCUT2D eigenvalue weighted by atomic mass is 10.2. The van der Waals surface area contributed by atoms with Crippen LogP contribution >= 0.6 is 23.2 Å². The molecular formula is C32H26Cl2N2O4S. The van der Waals surface area contributed by atoms with Crippen molar-refractivity contribution in [2.45, 2.75) is 24.9 Å². The first kappa shape index (κ1) is 28.6. The lowest BCUT2D eigenvalue weighted by Crippen LogP contribution is -2.30. The average molecular weight is 606 g/mol. The van der Waals surface area contributed by atoms with Gasteiger partial charge in [-0.05, 0) is 85.3 Å². The maximum atomic E-state index is 13.7. The maximum Gasteiger partial charge on any atom is 0.243 e. The number of ether oxygens (including phenoxy) is 1. The smallest absolute Gasteiger partial charge is 0.243 e. The SMILES string of the molecule is Cc1ccc(S(=O)(=O)N(Cc2ccc(C=Nc3ccc(Oc4ccccc4)cc3)o2)Cc2ccc(Cl)cc2Cl)cc1. The van der Waals surface area contributed by atoms with E-state index in [4.69, 9.17) is 32.4 Å². The predicted molar refractivity (Wildman–Crippen MR) is 163 cm³/mol. The third-order valence-electron chi connectivity index (χ3n) is 6.19. The summed E-state index contributed by atoms with van der Waals surface area (Å²) in [6, 6.07) is 32.1. The Morgan fingerprint density at radius 3 is 2.24 bits per heavy atom. The lowest BCUT2D eigenvalue weighted by Gasteiger charge is -2.22. The largest absolute Gasteiger partial charge is 0.459 e. The molecule has 4 aromatic carbocycles. The normalized spacial score (nSPS) is 11.8. The molecule has 0 saturated carbocycles. The second-order valence-electron chi connectivity index (χ2n) is 9.29. The van der Waals surface area contributed by atoms with Crippen LogP contribution in [0.15, 0.2) is 123 Å². The molecule has 0 aliphatic rings. The van der Waals surface area contributed by atoms with E-state index in [2.05, 4.69) is 4.99 Å². The number of para-hydroxylation sites is 1. The van der Waals surface area contributed by atoms with E-state index in [1.54, 1.807) is 60.8 Å². The van der Waals surface area contributed by atoms with Crippen molar-refractivity contribution in [3.05, 3.63) is 142 Å². The summed E-state index contributed by atoms with van der Waals surface area (Å²) in [6.45, 7) is 1.93. The highest BCUT2D eigenvalue weighted by molar-refractivity contribution is 7.89. The van der Waals surface area contributed by atoms with Crippen molar-refractivity contribution in [2.75, 3.05) is 0 Å². The van der Waals surface area contributed by atoms with Gasteiger partial charge in [-0.3, -0.25) is 4.99 Å². The number of nitrogens with zero attached hydrogens (tertiary/aromatic N) is 2. The van der Waals surface area contributed by atoms with Crippen LogP contribution in [-0.2, 0) is 23.1 Å². The zero-order chi connectivity index (χ0) is 28.8. The van der Waals surface area contributed by atoms with Gasteiger partial charge in [0.2, 0.25) is 10.0 Å². The van der Waals surface area contributed by atoms with Crippen LogP contribution in [0.2, 0.25) is 10.0 Å². The summed E-state index contributed by atoms with van der Waals surface area (Å²) >= 11 is 12.4. The monoisotopic (exact) mass is 604 g/mol. The van der Waals surface area contributed by atoms with Crippen LogP contribution in [0.1, 0.15) is 22.6 Å². The summed E-state index contributed by atoms with van der Waals surface area (Å²) in [4.78, 5) is 4.65. The molecule has 0 aliphatic heterocycles. The van der Waals surface area contributed by atoms with Crippen LogP contribution < -0.4 is 4.74 Å². The molecule has 6 nitrogen and oxygen atoms in total. The molecule has 9 heteroatoms. The van der Waals surface area contributed by atoms with E-state index < -0.39 is 10.0 Å². The number of hydrogen-bond acceptors (Lipinski definition) is 5. The molecule has 0 atom stereocenters. The van der Waals surface area contributed by atoms with Crippen molar-refractivity contribution in [1.82, 2.24) is 4.31 Å². The zero-order valence-corrected chi connectivity index (χ0v) is 24.4. The summed E-state index contributed by atoms with van der Waals surface area (Å²) in [5.41, 5.74) is 2.30. The average Bonchev–Trinajstić information content (AvgIpc) is 3.42. The molecule has 5 aromatic rings. The molecule has 1 aromatic heterocycles. The number of hydrogen-bond donors (Lipinski definition) is 0. The molecule has 0 bridgehead atoms. The Morgan fingerprint density at radius 2 is 1.54 bits per heavy atom. The van der Waals surface area contributed by atoms with Crippen molar-refractivity contribution < 1.29 is 17.6 Å². The van der Waals surface area contributed by atoms with Crippen molar-refractivity contribution in [3.63, 3.8) is 0 Å². The lowest BCUT2D eigenvalue weighted by molar-refractivity contribution is 0.357. The summed E-state index contributed by atoms with van der Waals surface area (Å²) in [6.07, 6.45) is 1.59. The van der Waals surface area contributed by atoms with Gasteiger partial charge in [0.15, 0.2) is 0 Å². The number of rotatable bonds is 10. The Morgan fingerprint density at radius 1 is 0.829 bits per heavy atom. The third-order valence-corrected chi connectivity index (χ3v) is 8.58. The summed E-state index contributed by atoms with van der Waals surface area (Å²) in [5, 5.41) is 0.856. The molecule has 0 fully saturated rings. The van der Waals surface area contributed by atoms with E-state index in [1.165, 1.54) is 4.31 Å². The van der Waals surface area contributed by atoms with E-state index in [-0.39, 0.29) is 18.0 Å². The topological polar surface area (TPSA) is 72.1 Å². The van der Waals surface area contributed by atoms with Gasteiger partial charge in [-0.2, -0.15) is 4.31 Å². The number of aliphatic imine (C=N–C) groups is 1. The zero-order valence-electron chi connectivity index (χ0n) is 22.1. The second-order valence-corrected chi connectivity index (χ2v) is 12.1. The minimum absolute atomic E-state index is 0.00543. The van der Waals surface area contributed by atoms with Gasteiger partial charge >= 0.3 is 0 Å². The molecule has 208 valence electrons. The fourth-order valence-corrected chi connectivity index (χ4v) is 5.86. The Labute approximate surface area is 249 Å². The number of furan rings is 1. The molecule has 0 unspecified atom stereocenters. The number of aryl methyl sites for hydroxylation is 1. The van der Waals surface area contributed by atoms with Gasteiger partial charge in [-0.25, -0.2) is 8.42 Å². The van der Waals surface area contributed by atoms with Gasteiger partial charge in [-0.1, -0.05) is 65.2 Å². The minimum atomic E-state index is -3.88. The van der Waals surface area contributed by atoms with Crippen LogP contribution in [0.5, 0.6) is 11.5 Å². The first-order valence-corrected chi connectivity index (χ1v) is 14.9. The van der Waals surface area contributed by atoms with Crippen LogP contribution in [0.25, 0.3) is 0 Å². The van der Waals surface area contributed by atoms with Crippen molar-refractivity contribution >= 4 is 45.1 Å². The van der Waals surface area contributed by atoms with Crippen LogP contribution in [0.4, 0.5) is 5.69 Å². The van der Waals surface area contributed by atoms with E-state index >= 15 is 0 Å². The van der Waals surface area contributed by atoms with E-state index in [0.717, 1.165) is 11.3 Å². The number of benzene rings is 4. The van der Waals surface area contributed by atoms with Crippen molar-refractivity contribution in [1.29, 1.82) is 0 Å². The minimum Gasteiger partial charge on any atom is -0.459 e. The maximum absolute atomic E-state index is 13.7. The first-order chi connectivity index (χ1) is 19.8. The van der Waals surface area contributed by atoms with Gasteiger partial charge in [0, 0.05) is 16.6 Å². The van der Waals surface area contributed by atoms with Gasteiger partial charge in [0.1, 0.15) is 23.0 Å². The molecule has 41 heavy (non-hydrogen) atoms. The Balaban J connectivity index is 1.32. The molecule has 5 rings (SSSR count). The van der Waals surface area contributed by atoms with Gasteiger partial charge < -0.3 is 9.15 Å². The standard InChI is InChI=1S/C32H26Cl2N2O4S/c1-23-7-17-31(18-8-23)41(37,38)36(21-24-9-10-25(33)19-32(24)34)22-30-16-15-29(40-30)20-35-26-11-13-28(14-12-26)39-27-5-3-2-4-6-27/h2-20H,21-22H2,1H3. The highest BCUT2D eigenvalue weighted by Gasteiger charge is 2.27. The van der Waals surface area contributed by atoms with E-state index in [9.17, 15) is 8.42 Å². The fraction of sp³-hybridized carbons (Fsp3) is 0.0938. The molecule has 0 radical (unpaired) electrons. The highest BCUT2D eigenvalue weighted by Crippen LogP contribution is 2.28. The number of sulfonamides is 1. The highest BCUT2D eigenvalue weighted by atomic mass is 35.5. The quantitative estimate of drug-likeness (QED) is 0.149.